The minimum Gasteiger partial charge on any atom is -0.247 e. The fourth-order valence-electron chi connectivity index (χ4n) is 6.54. The van der Waals surface area contributed by atoms with E-state index >= 15 is 0 Å². The zero-order valence-electron chi connectivity index (χ0n) is 26.0. The molecule has 2 heterocycles. The van der Waals surface area contributed by atoms with E-state index in [2.05, 4.69) is 109 Å². The Morgan fingerprint density at radius 3 is 1.54 bits per heavy atom. The summed E-state index contributed by atoms with van der Waals surface area (Å²) in [6, 6.07) is 58.7. The molecule has 2 aromatic heterocycles. The molecule has 0 saturated carbocycles. The summed E-state index contributed by atoms with van der Waals surface area (Å²) in [6.45, 7) is 0. The average Bonchev–Trinajstić information content (AvgIpc) is 3.18. The fourth-order valence-corrected chi connectivity index (χ4v) is 6.54. The van der Waals surface area contributed by atoms with Gasteiger partial charge in [0.1, 0.15) is 0 Å². The van der Waals surface area contributed by atoms with Crippen molar-refractivity contribution in [3.63, 3.8) is 0 Å². The Balaban J connectivity index is 1.13. The van der Waals surface area contributed by atoms with Gasteiger partial charge in [0.2, 0.25) is 0 Å². The molecule has 0 fully saturated rings. The average molecular weight is 613 g/mol. The molecule has 0 amide bonds. The molecule has 0 aliphatic rings. The highest BCUT2D eigenvalue weighted by molar-refractivity contribution is 6.22. The van der Waals surface area contributed by atoms with E-state index in [0.29, 0.717) is 17.5 Å². The Bertz CT molecular complexity index is 2520. The van der Waals surface area contributed by atoms with Crippen molar-refractivity contribution < 1.29 is 0 Å². The number of hydrogen-bond acceptors (Lipinski definition) is 4. The van der Waals surface area contributed by atoms with Crippen LogP contribution in [0, 0.1) is 0 Å². The quantitative estimate of drug-likeness (QED) is 0.181. The number of pyridine rings is 1. The van der Waals surface area contributed by atoms with Gasteiger partial charge in [-0.15, -0.1) is 0 Å². The van der Waals surface area contributed by atoms with Gasteiger partial charge in [-0.2, -0.15) is 0 Å². The third-order valence-corrected chi connectivity index (χ3v) is 8.90. The summed E-state index contributed by atoms with van der Waals surface area (Å²) >= 11 is 0. The van der Waals surface area contributed by atoms with E-state index in [1.54, 1.807) is 0 Å². The van der Waals surface area contributed by atoms with Crippen LogP contribution in [-0.2, 0) is 0 Å². The van der Waals surface area contributed by atoms with Gasteiger partial charge >= 0.3 is 0 Å². The summed E-state index contributed by atoms with van der Waals surface area (Å²) < 4.78 is 0. The van der Waals surface area contributed by atoms with Crippen LogP contribution in [0.4, 0.5) is 0 Å². The van der Waals surface area contributed by atoms with Crippen molar-refractivity contribution in [1.29, 1.82) is 0 Å². The van der Waals surface area contributed by atoms with E-state index in [1.165, 1.54) is 21.5 Å². The van der Waals surface area contributed by atoms with Crippen molar-refractivity contribution in [3.05, 3.63) is 170 Å². The van der Waals surface area contributed by atoms with E-state index < -0.39 is 0 Å². The standard InChI is InChI=1S/C44H28N4/c1-3-13-32(14-4-1)42-46-43(33-15-5-2-6-16-33)48-44(47-42)35-18-11-17-34(28-35)29-22-24-31(25-23-29)41-38-27-26-30-12-7-8-19-36(30)40(38)37-20-9-10-21-39(37)45-41/h1-28H. The van der Waals surface area contributed by atoms with E-state index in [1.807, 2.05) is 60.7 Å². The highest BCUT2D eigenvalue weighted by Crippen LogP contribution is 2.37. The lowest BCUT2D eigenvalue weighted by molar-refractivity contribution is 1.07. The van der Waals surface area contributed by atoms with Gasteiger partial charge < -0.3 is 0 Å². The molecule has 0 unspecified atom stereocenters. The zero-order valence-corrected chi connectivity index (χ0v) is 26.0. The first-order valence-electron chi connectivity index (χ1n) is 16.1. The number of fused-ring (bicyclic) bond motifs is 5. The van der Waals surface area contributed by atoms with Crippen LogP contribution in [0.15, 0.2) is 170 Å². The number of aromatic nitrogens is 4. The molecule has 0 aliphatic carbocycles. The van der Waals surface area contributed by atoms with Crippen LogP contribution in [0.3, 0.4) is 0 Å². The smallest absolute Gasteiger partial charge is 0.164 e. The lowest BCUT2D eigenvalue weighted by Gasteiger charge is -2.13. The molecule has 0 bridgehead atoms. The highest BCUT2D eigenvalue weighted by atomic mass is 15.0. The topological polar surface area (TPSA) is 51.6 Å². The second-order valence-electron chi connectivity index (χ2n) is 11.9. The van der Waals surface area contributed by atoms with Crippen LogP contribution < -0.4 is 0 Å². The molecule has 48 heavy (non-hydrogen) atoms. The summed E-state index contributed by atoms with van der Waals surface area (Å²) in [7, 11) is 0. The summed E-state index contributed by atoms with van der Waals surface area (Å²) in [4.78, 5) is 19.9. The lowest BCUT2D eigenvalue weighted by atomic mass is 9.94. The van der Waals surface area contributed by atoms with E-state index in [0.717, 1.165) is 50.0 Å². The minimum atomic E-state index is 0.639. The zero-order chi connectivity index (χ0) is 31.9. The van der Waals surface area contributed by atoms with Gasteiger partial charge in [-0.1, -0.05) is 158 Å². The second kappa shape index (κ2) is 11.7. The molecule has 9 rings (SSSR count). The number of hydrogen-bond donors (Lipinski definition) is 0. The van der Waals surface area contributed by atoms with Gasteiger partial charge in [0.05, 0.1) is 11.2 Å². The largest absolute Gasteiger partial charge is 0.247 e. The third-order valence-electron chi connectivity index (χ3n) is 8.90. The van der Waals surface area contributed by atoms with Crippen molar-refractivity contribution in [2.75, 3.05) is 0 Å². The highest BCUT2D eigenvalue weighted by Gasteiger charge is 2.15. The van der Waals surface area contributed by atoms with Gasteiger partial charge in [0, 0.05) is 38.4 Å². The summed E-state index contributed by atoms with van der Waals surface area (Å²) in [5.41, 5.74) is 8.10. The molecule has 0 N–H and O–H groups in total. The molecule has 0 aliphatic heterocycles. The molecule has 0 atom stereocenters. The fraction of sp³-hybridized carbons (Fsp3) is 0. The normalized spacial score (nSPS) is 11.3. The molecule has 9 aromatic rings. The second-order valence-corrected chi connectivity index (χ2v) is 11.9. The molecular weight excluding hydrogens is 585 g/mol. The van der Waals surface area contributed by atoms with Crippen molar-refractivity contribution in [2.45, 2.75) is 0 Å². The lowest BCUT2D eigenvalue weighted by Crippen LogP contribution is -2.00. The molecule has 4 nitrogen and oxygen atoms in total. The van der Waals surface area contributed by atoms with Crippen LogP contribution in [0.5, 0.6) is 0 Å². The molecule has 7 aromatic carbocycles. The summed E-state index contributed by atoms with van der Waals surface area (Å²) in [5.74, 6) is 1.94. The third kappa shape index (κ3) is 4.97. The van der Waals surface area contributed by atoms with Crippen molar-refractivity contribution in [2.24, 2.45) is 0 Å². The Morgan fingerprint density at radius 1 is 0.292 bits per heavy atom. The Morgan fingerprint density at radius 2 is 0.833 bits per heavy atom. The maximum atomic E-state index is 5.18. The van der Waals surface area contributed by atoms with Crippen molar-refractivity contribution >= 4 is 32.4 Å². The first kappa shape index (κ1) is 27.8. The van der Waals surface area contributed by atoms with E-state index in [4.69, 9.17) is 19.9 Å². The first-order valence-corrected chi connectivity index (χ1v) is 16.1. The van der Waals surface area contributed by atoms with Crippen LogP contribution >= 0.6 is 0 Å². The van der Waals surface area contributed by atoms with Gasteiger partial charge in [0.25, 0.3) is 0 Å². The van der Waals surface area contributed by atoms with Gasteiger partial charge in [-0.05, 0) is 34.0 Å². The summed E-state index contributed by atoms with van der Waals surface area (Å²) in [6.07, 6.45) is 0. The van der Waals surface area contributed by atoms with Crippen molar-refractivity contribution in [3.8, 4) is 56.5 Å². The molecule has 224 valence electrons. The Hall–Kier alpha value is -6.52. The molecular formula is C44H28N4. The predicted octanol–water partition coefficient (Wildman–Crippen LogP) is 11.1. The van der Waals surface area contributed by atoms with Crippen LogP contribution in [0.25, 0.3) is 89.0 Å². The van der Waals surface area contributed by atoms with Gasteiger partial charge in [0.15, 0.2) is 17.5 Å². The van der Waals surface area contributed by atoms with E-state index in [-0.39, 0.29) is 0 Å². The molecule has 0 saturated heterocycles. The van der Waals surface area contributed by atoms with Crippen LogP contribution in [-0.4, -0.2) is 19.9 Å². The van der Waals surface area contributed by atoms with Crippen LogP contribution in [0.1, 0.15) is 0 Å². The SMILES string of the molecule is c1ccc(-c2nc(-c3ccccc3)nc(-c3cccc(-c4ccc(-c5nc6ccccc6c6c5ccc5ccccc56)cc4)c3)n2)cc1. The van der Waals surface area contributed by atoms with Gasteiger partial charge in [-0.25, -0.2) is 19.9 Å². The van der Waals surface area contributed by atoms with Crippen molar-refractivity contribution in [1.82, 2.24) is 19.9 Å². The van der Waals surface area contributed by atoms with Crippen LogP contribution in [0.2, 0.25) is 0 Å². The maximum absolute atomic E-state index is 5.18. The number of rotatable bonds is 5. The van der Waals surface area contributed by atoms with E-state index in [9.17, 15) is 0 Å². The first-order chi connectivity index (χ1) is 23.8. The predicted molar refractivity (Wildman–Crippen MR) is 197 cm³/mol. The Kier molecular flexibility index (Phi) is 6.76. The monoisotopic (exact) mass is 612 g/mol. The number of nitrogens with zero attached hydrogens (tertiary/aromatic N) is 4. The maximum Gasteiger partial charge on any atom is 0.164 e. The summed E-state index contributed by atoms with van der Waals surface area (Å²) in [5, 5.41) is 6.04. The molecule has 4 heteroatoms. The molecule has 0 radical (unpaired) electrons. The van der Waals surface area contributed by atoms with Gasteiger partial charge in [-0.3, -0.25) is 0 Å². The number of para-hydroxylation sites is 1. The number of benzene rings is 7. The molecule has 0 spiro atoms. The minimum absolute atomic E-state index is 0.639. The Labute approximate surface area is 278 Å².